The predicted octanol–water partition coefficient (Wildman–Crippen LogP) is 2.13. The minimum absolute atomic E-state index is 0.0368. The zero-order valence-corrected chi connectivity index (χ0v) is 10.7. The molecule has 0 spiro atoms. The molecular formula is C15H14N4. The van der Waals surface area contributed by atoms with E-state index in [9.17, 15) is 10.5 Å². The fraction of sp³-hybridized carbons (Fsp3) is 0.333. The van der Waals surface area contributed by atoms with Gasteiger partial charge in [0, 0.05) is 12.7 Å². The van der Waals surface area contributed by atoms with Gasteiger partial charge in [0.05, 0.1) is 18.2 Å². The Morgan fingerprint density at radius 2 is 1.89 bits per heavy atom. The van der Waals surface area contributed by atoms with Crippen LogP contribution >= 0.6 is 0 Å². The number of hydrogen-bond acceptors (Lipinski definition) is 4. The van der Waals surface area contributed by atoms with E-state index in [-0.39, 0.29) is 12.0 Å². The summed E-state index contributed by atoms with van der Waals surface area (Å²) in [5, 5.41) is 22.8. The number of nitrogens with zero attached hydrogens (tertiary/aromatic N) is 4. The van der Waals surface area contributed by atoms with Crippen molar-refractivity contribution >= 4 is 0 Å². The first-order valence-corrected chi connectivity index (χ1v) is 6.33. The molecule has 1 saturated heterocycles. The number of hydrogen-bond donors (Lipinski definition) is 0. The predicted molar refractivity (Wildman–Crippen MR) is 70.1 cm³/mol. The SMILES string of the molecule is Cc1ccc(C2C(C#N)C(C#N)N3C=CCN23)cc1. The molecule has 2 heterocycles. The lowest BCUT2D eigenvalue weighted by molar-refractivity contribution is 0.0619. The molecule has 0 aromatic heterocycles. The summed E-state index contributed by atoms with van der Waals surface area (Å²) in [5.41, 5.74) is 2.30. The van der Waals surface area contributed by atoms with Gasteiger partial charge in [-0.2, -0.15) is 10.5 Å². The van der Waals surface area contributed by atoms with Gasteiger partial charge in [-0.25, -0.2) is 5.01 Å². The Bertz CT molecular complexity index is 590. The fourth-order valence-corrected chi connectivity index (χ4v) is 2.90. The molecule has 3 atom stereocenters. The van der Waals surface area contributed by atoms with Crippen LogP contribution in [0.4, 0.5) is 0 Å². The van der Waals surface area contributed by atoms with E-state index in [2.05, 4.69) is 41.4 Å². The molecule has 0 bridgehead atoms. The van der Waals surface area contributed by atoms with Crippen LogP contribution in [0.3, 0.4) is 0 Å². The van der Waals surface area contributed by atoms with Crippen LogP contribution in [0.5, 0.6) is 0 Å². The van der Waals surface area contributed by atoms with E-state index in [4.69, 9.17) is 0 Å². The molecule has 2 aliphatic rings. The third kappa shape index (κ3) is 1.69. The summed E-state index contributed by atoms with van der Waals surface area (Å²) >= 11 is 0. The van der Waals surface area contributed by atoms with Gasteiger partial charge in [-0.3, -0.25) is 5.01 Å². The molecular weight excluding hydrogens is 236 g/mol. The molecule has 0 aliphatic carbocycles. The molecule has 0 amide bonds. The van der Waals surface area contributed by atoms with Crippen molar-refractivity contribution in [2.75, 3.05) is 6.54 Å². The Kier molecular flexibility index (Phi) is 2.74. The van der Waals surface area contributed by atoms with Crippen LogP contribution in [0.25, 0.3) is 0 Å². The summed E-state index contributed by atoms with van der Waals surface area (Å²) in [5.74, 6) is -0.322. The highest BCUT2D eigenvalue weighted by atomic mass is 15.7. The molecule has 1 aromatic carbocycles. The van der Waals surface area contributed by atoms with Crippen molar-refractivity contribution in [3.63, 3.8) is 0 Å². The number of rotatable bonds is 1. The topological polar surface area (TPSA) is 54.1 Å². The summed E-state index contributed by atoms with van der Waals surface area (Å²) < 4.78 is 0. The Balaban J connectivity index is 2.02. The molecule has 94 valence electrons. The van der Waals surface area contributed by atoms with E-state index in [1.165, 1.54) is 5.56 Å². The van der Waals surface area contributed by atoms with Crippen molar-refractivity contribution in [1.29, 1.82) is 10.5 Å². The Labute approximate surface area is 112 Å². The van der Waals surface area contributed by atoms with Crippen LogP contribution in [-0.2, 0) is 0 Å². The summed E-state index contributed by atoms with van der Waals surface area (Å²) in [6.07, 6.45) is 3.94. The number of fused-ring (bicyclic) bond motifs is 1. The first-order chi connectivity index (χ1) is 9.26. The van der Waals surface area contributed by atoms with E-state index in [0.717, 1.165) is 12.1 Å². The maximum Gasteiger partial charge on any atom is 0.149 e. The molecule has 1 aromatic rings. The number of hydrazine groups is 1. The molecule has 0 radical (unpaired) electrons. The molecule has 1 fully saturated rings. The van der Waals surface area contributed by atoms with Crippen LogP contribution in [0, 0.1) is 35.5 Å². The van der Waals surface area contributed by atoms with Crippen molar-refractivity contribution in [2.24, 2.45) is 5.92 Å². The van der Waals surface area contributed by atoms with Crippen molar-refractivity contribution in [3.8, 4) is 12.1 Å². The highest BCUT2D eigenvalue weighted by Crippen LogP contribution is 2.42. The molecule has 3 unspecified atom stereocenters. The monoisotopic (exact) mass is 250 g/mol. The van der Waals surface area contributed by atoms with E-state index in [0.29, 0.717) is 0 Å². The third-order valence-electron chi connectivity index (χ3n) is 3.83. The highest BCUT2D eigenvalue weighted by Gasteiger charge is 2.48. The molecule has 2 aliphatic heterocycles. The summed E-state index contributed by atoms with van der Waals surface area (Å²) in [6, 6.07) is 12.4. The quantitative estimate of drug-likeness (QED) is 0.766. The largest absolute Gasteiger partial charge is 0.294 e. The summed E-state index contributed by atoms with van der Waals surface area (Å²) in [7, 11) is 0. The van der Waals surface area contributed by atoms with Gasteiger partial charge in [0.15, 0.2) is 0 Å². The second-order valence-electron chi connectivity index (χ2n) is 4.97. The smallest absolute Gasteiger partial charge is 0.149 e. The lowest BCUT2D eigenvalue weighted by Gasteiger charge is -2.26. The lowest BCUT2D eigenvalue weighted by atomic mass is 9.90. The highest BCUT2D eigenvalue weighted by molar-refractivity contribution is 5.30. The molecule has 0 saturated carbocycles. The zero-order chi connectivity index (χ0) is 13.4. The Hall–Kier alpha value is -2.30. The standard InChI is InChI=1S/C15H14N4/c1-11-3-5-12(6-4-11)15-13(9-16)14(10-17)18-7-2-8-19(15)18/h2-7,13-15H,8H2,1H3. The van der Waals surface area contributed by atoms with E-state index in [1.807, 2.05) is 24.2 Å². The minimum Gasteiger partial charge on any atom is -0.294 e. The molecule has 0 N–H and O–H groups in total. The van der Waals surface area contributed by atoms with Crippen molar-refractivity contribution in [1.82, 2.24) is 10.0 Å². The lowest BCUT2D eigenvalue weighted by Crippen LogP contribution is -2.33. The normalized spacial score (nSPS) is 29.0. The first-order valence-electron chi connectivity index (χ1n) is 6.33. The van der Waals surface area contributed by atoms with E-state index >= 15 is 0 Å². The van der Waals surface area contributed by atoms with Gasteiger partial charge in [-0.05, 0) is 12.5 Å². The van der Waals surface area contributed by atoms with Gasteiger partial charge in [-0.15, -0.1) is 0 Å². The fourth-order valence-electron chi connectivity index (χ4n) is 2.90. The van der Waals surface area contributed by atoms with Crippen molar-refractivity contribution < 1.29 is 0 Å². The maximum atomic E-state index is 9.43. The molecule has 19 heavy (non-hydrogen) atoms. The van der Waals surface area contributed by atoms with E-state index in [1.54, 1.807) is 0 Å². The van der Waals surface area contributed by atoms with Crippen LogP contribution < -0.4 is 0 Å². The van der Waals surface area contributed by atoms with Crippen LogP contribution in [-0.4, -0.2) is 22.6 Å². The van der Waals surface area contributed by atoms with Gasteiger partial charge in [0.1, 0.15) is 12.0 Å². The summed E-state index contributed by atoms with van der Waals surface area (Å²) in [6.45, 7) is 2.80. The van der Waals surface area contributed by atoms with Gasteiger partial charge >= 0.3 is 0 Å². The van der Waals surface area contributed by atoms with Crippen LogP contribution in [0.1, 0.15) is 17.2 Å². The number of benzene rings is 1. The molecule has 4 nitrogen and oxygen atoms in total. The zero-order valence-electron chi connectivity index (χ0n) is 10.7. The van der Waals surface area contributed by atoms with Gasteiger partial charge < -0.3 is 0 Å². The molecule has 4 heteroatoms. The van der Waals surface area contributed by atoms with Crippen LogP contribution in [0.2, 0.25) is 0 Å². The summed E-state index contributed by atoms with van der Waals surface area (Å²) in [4.78, 5) is 0. The maximum absolute atomic E-state index is 9.43. The van der Waals surface area contributed by atoms with Crippen LogP contribution in [0.15, 0.2) is 36.5 Å². The Morgan fingerprint density at radius 3 is 2.53 bits per heavy atom. The van der Waals surface area contributed by atoms with Gasteiger partial charge in [0.2, 0.25) is 0 Å². The average molecular weight is 250 g/mol. The Morgan fingerprint density at radius 1 is 1.16 bits per heavy atom. The second-order valence-corrected chi connectivity index (χ2v) is 4.97. The van der Waals surface area contributed by atoms with Crippen molar-refractivity contribution in [2.45, 2.75) is 19.0 Å². The average Bonchev–Trinajstić information content (AvgIpc) is 2.98. The minimum atomic E-state index is -0.393. The van der Waals surface area contributed by atoms with Gasteiger partial charge in [0.25, 0.3) is 0 Å². The second kappa shape index (κ2) is 4.42. The number of nitriles is 2. The van der Waals surface area contributed by atoms with E-state index < -0.39 is 6.04 Å². The van der Waals surface area contributed by atoms with Gasteiger partial charge in [-0.1, -0.05) is 35.9 Å². The van der Waals surface area contributed by atoms with Crippen molar-refractivity contribution in [3.05, 3.63) is 47.7 Å². The first kappa shape index (κ1) is 11.8. The molecule has 3 rings (SSSR count). The number of aryl methyl sites for hydroxylation is 1. The third-order valence-corrected chi connectivity index (χ3v) is 3.83.